The number of nitrogens with one attached hydrogen (secondary N) is 1. The van der Waals surface area contributed by atoms with Crippen LogP contribution in [-0.4, -0.2) is 28.1 Å². The summed E-state index contributed by atoms with van der Waals surface area (Å²) < 4.78 is 0. The lowest BCUT2D eigenvalue weighted by molar-refractivity contribution is 0.0702. The summed E-state index contributed by atoms with van der Waals surface area (Å²) >= 11 is 1.22. The number of aromatic carboxylic acids is 1. The molecule has 0 spiro atoms. The predicted octanol–water partition coefficient (Wildman–Crippen LogP) is 2.63. The van der Waals surface area contributed by atoms with Crippen molar-refractivity contribution in [1.29, 1.82) is 0 Å². The predicted molar refractivity (Wildman–Crippen MR) is 90.5 cm³/mol. The van der Waals surface area contributed by atoms with Crippen molar-refractivity contribution in [3.05, 3.63) is 57.0 Å². The van der Waals surface area contributed by atoms with E-state index < -0.39 is 5.97 Å². The number of nitrogens with zero attached hydrogens (tertiary/aromatic N) is 2. The average molecular weight is 329 g/mol. The minimum absolute atomic E-state index is 0.245. The number of carboxylic acid groups (broad SMARTS) is 1. The fourth-order valence-corrected chi connectivity index (χ4v) is 3.22. The molecule has 6 nitrogen and oxygen atoms in total. The second kappa shape index (κ2) is 5.85. The van der Waals surface area contributed by atoms with Crippen LogP contribution in [0.1, 0.15) is 21.1 Å². The van der Waals surface area contributed by atoms with Crippen molar-refractivity contribution in [2.24, 2.45) is 0 Å². The number of hydrogen-bond acceptors (Lipinski definition) is 5. The Hall–Kier alpha value is -2.67. The number of rotatable bonds is 4. The highest BCUT2D eigenvalue weighted by molar-refractivity contribution is 7.17. The Bertz CT molecular complexity index is 945. The Kier molecular flexibility index (Phi) is 3.87. The Labute approximate surface area is 136 Å². The first-order chi connectivity index (χ1) is 10.9. The van der Waals surface area contributed by atoms with Crippen molar-refractivity contribution < 1.29 is 9.90 Å². The minimum atomic E-state index is -0.923. The van der Waals surface area contributed by atoms with Gasteiger partial charge < -0.3 is 15.0 Å². The van der Waals surface area contributed by atoms with Crippen LogP contribution in [0.5, 0.6) is 0 Å². The molecular formula is C16H15N3O3S. The SMILES string of the molecule is Cc1nc(=O)c2cc(CN(C)c3ccc(C(=O)O)s3)ccc2[nH]1. The van der Waals surface area contributed by atoms with Crippen LogP contribution in [0.4, 0.5) is 5.00 Å². The second-order valence-electron chi connectivity index (χ2n) is 5.31. The average Bonchev–Trinajstić information content (AvgIpc) is 2.98. The number of aryl methyl sites for hydroxylation is 1. The smallest absolute Gasteiger partial charge is 0.345 e. The van der Waals surface area contributed by atoms with Gasteiger partial charge in [-0.2, -0.15) is 4.98 Å². The summed E-state index contributed by atoms with van der Waals surface area (Å²) in [6.45, 7) is 2.32. The lowest BCUT2D eigenvalue weighted by Crippen LogP contribution is -2.16. The standard InChI is InChI=1S/C16H15N3O3S/c1-9-17-12-4-3-10(7-11(12)15(20)18-9)8-19(2)14-6-5-13(23-14)16(21)22/h3-7H,8H2,1-2H3,(H,21,22)(H,17,18,20). The fourth-order valence-electron chi connectivity index (χ4n) is 2.41. The maximum atomic E-state index is 12.0. The van der Waals surface area contributed by atoms with Crippen molar-refractivity contribution in [3.8, 4) is 0 Å². The maximum absolute atomic E-state index is 12.0. The van der Waals surface area contributed by atoms with Crippen LogP contribution in [0.3, 0.4) is 0 Å². The molecule has 0 atom stereocenters. The molecule has 2 N–H and O–H groups in total. The molecule has 118 valence electrons. The van der Waals surface area contributed by atoms with E-state index in [1.54, 1.807) is 19.1 Å². The van der Waals surface area contributed by atoms with Crippen molar-refractivity contribution in [2.45, 2.75) is 13.5 Å². The van der Waals surface area contributed by atoms with Crippen molar-refractivity contribution in [2.75, 3.05) is 11.9 Å². The van der Waals surface area contributed by atoms with Crippen molar-refractivity contribution in [1.82, 2.24) is 9.97 Å². The molecule has 0 radical (unpaired) electrons. The van der Waals surface area contributed by atoms with Crippen LogP contribution in [0.2, 0.25) is 0 Å². The summed E-state index contributed by atoms with van der Waals surface area (Å²) in [5.74, 6) is -0.333. The molecule has 0 bridgehead atoms. The summed E-state index contributed by atoms with van der Waals surface area (Å²) in [7, 11) is 1.89. The van der Waals surface area contributed by atoms with Gasteiger partial charge in [-0.3, -0.25) is 4.79 Å². The third-order valence-corrected chi connectivity index (χ3v) is 4.69. The minimum Gasteiger partial charge on any atom is -0.477 e. The van der Waals surface area contributed by atoms with Gasteiger partial charge in [0.05, 0.1) is 15.9 Å². The van der Waals surface area contributed by atoms with E-state index in [0.29, 0.717) is 22.6 Å². The van der Waals surface area contributed by atoms with Gasteiger partial charge in [0, 0.05) is 13.6 Å². The van der Waals surface area contributed by atoms with Crippen LogP contribution >= 0.6 is 11.3 Å². The molecule has 0 aliphatic rings. The number of aromatic nitrogens is 2. The normalized spacial score (nSPS) is 10.9. The van der Waals surface area contributed by atoms with E-state index in [1.165, 1.54) is 11.3 Å². The Balaban J connectivity index is 1.88. The number of benzene rings is 1. The van der Waals surface area contributed by atoms with Crippen LogP contribution in [0.25, 0.3) is 10.9 Å². The highest BCUT2D eigenvalue weighted by Gasteiger charge is 2.11. The quantitative estimate of drug-likeness (QED) is 0.768. The third-order valence-electron chi connectivity index (χ3n) is 3.50. The molecule has 2 aromatic heterocycles. The molecule has 0 saturated carbocycles. The molecule has 0 aliphatic heterocycles. The van der Waals surface area contributed by atoms with Crippen LogP contribution in [0, 0.1) is 6.92 Å². The molecule has 0 fully saturated rings. The largest absolute Gasteiger partial charge is 0.477 e. The molecule has 0 aliphatic carbocycles. The Morgan fingerprint density at radius 1 is 1.35 bits per heavy atom. The Morgan fingerprint density at radius 3 is 2.83 bits per heavy atom. The lowest BCUT2D eigenvalue weighted by Gasteiger charge is -2.17. The van der Waals surface area contributed by atoms with Gasteiger partial charge >= 0.3 is 5.97 Å². The van der Waals surface area contributed by atoms with Crippen LogP contribution in [-0.2, 0) is 6.54 Å². The highest BCUT2D eigenvalue weighted by atomic mass is 32.1. The summed E-state index contributed by atoms with van der Waals surface area (Å²) in [6.07, 6.45) is 0. The van der Waals surface area contributed by atoms with E-state index in [1.807, 2.05) is 30.1 Å². The summed E-state index contributed by atoms with van der Waals surface area (Å²) in [5, 5.41) is 10.4. The summed E-state index contributed by atoms with van der Waals surface area (Å²) in [4.78, 5) is 32.2. The summed E-state index contributed by atoms with van der Waals surface area (Å²) in [5.41, 5.74) is 1.48. The lowest BCUT2D eigenvalue weighted by atomic mass is 10.1. The monoisotopic (exact) mass is 329 g/mol. The highest BCUT2D eigenvalue weighted by Crippen LogP contribution is 2.26. The zero-order chi connectivity index (χ0) is 16.6. The molecule has 1 aromatic carbocycles. The molecule has 3 aromatic rings. The number of aromatic amines is 1. The molecule has 0 saturated heterocycles. The number of thiophene rings is 1. The zero-order valence-electron chi connectivity index (χ0n) is 12.7. The van der Waals surface area contributed by atoms with E-state index in [4.69, 9.17) is 5.11 Å². The van der Waals surface area contributed by atoms with Gasteiger partial charge in [0.25, 0.3) is 5.56 Å². The van der Waals surface area contributed by atoms with Crippen molar-refractivity contribution in [3.63, 3.8) is 0 Å². The van der Waals surface area contributed by atoms with Gasteiger partial charge in [0.15, 0.2) is 0 Å². The van der Waals surface area contributed by atoms with Gasteiger partial charge in [0.1, 0.15) is 10.7 Å². The molecule has 0 unspecified atom stereocenters. The number of fused-ring (bicyclic) bond motifs is 1. The fraction of sp³-hybridized carbons (Fsp3) is 0.188. The van der Waals surface area contributed by atoms with Crippen LogP contribution < -0.4 is 10.5 Å². The first-order valence-electron chi connectivity index (χ1n) is 6.98. The number of hydrogen-bond donors (Lipinski definition) is 2. The molecular weight excluding hydrogens is 314 g/mol. The number of carboxylic acids is 1. The molecule has 0 amide bonds. The maximum Gasteiger partial charge on any atom is 0.345 e. The van der Waals surface area contributed by atoms with E-state index in [-0.39, 0.29) is 5.56 Å². The van der Waals surface area contributed by atoms with Gasteiger partial charge in [0.2, 0.25) is 0 Å². The van der Waals surface area contributed by atoms with E-state index >= 15 is 0 Å². The van der Waals surface area contributed by atoms with Gasteiger partial charge in [-0.05, 0) is 36.8 Å². The topological polar surface area (TPSA) is 86.3 Å². The number of anilines is 1. The molecule has 3 rings (SSSR count). The van der Waals surface area contributed by atoms with Crippen molar-refractivity contribution >= 4 is 33.2 Å². The first kappa shape index (κ1) is 15.2. The Morgan fingerprint density at radius 2 is 2.13 bits per heavy atom. The first-order valence-corrected chi connectivity index (χ1v) is 7.79. The van der Waals surface area contributed by atoms with E-state index in [0.717, 1.165) is 16.1 Å². The number of carbonyl (C=O) groups is 1. The van der Waals surface area contributed by atoms with Gasteiger partial charge in [-0.1, -0.05) is 6.07 Å². The van der Waals surface area contributed by atoms with Gasteiger partial charge in [-0.15, -0.1) is 11.3 Å². The molecule has 2 heterocycles. The number of H-pyrrole nitrogens is 1. The zero-order valence-corrected chi connectivity index (χ0v) is 13.5. The summed E-state index contributed by atoms with van der Waals surface area (Å²) in [6, 6.07) is 9.01. The second-order valence-corrected chi connectivity index (χ2v) is 6.37. The van der Waals surface area contributed by atoms with Gasteiger partial charge in [-0.25, -0.2) is 4.79 Å². The van der Waals surface area contributed by atoms with Crippen LogP contribution in [0.15, 0.2) is 35.1 Å². The van der Waals surface area contributed by atoms with E-state index in [9.17, 15) is 9.59 Å². The molecule has 7 heteroatoms. The van der Waals surface area contributed by atoms with E-state index in [2.05, 4.69) is 9.97 Å². The molecule has 23 heavy (non-hydrogen) atoms. The third kappa shape index (κ3) is 3.09.